The molecule has 0 bridgehead atoms. The van der Waals surface area contributed by atoms with Gasteiger partial charge >= 0.3 is 12.1 Å². The maximum absolute atomic E-state index is 13.3. The number of nitrogens with zero attached hydrogens (tertiary/aromatic N) is 1. The highest BCUT2D eigenvalue weighted by molar-refractivity contribution is 5.96. The van der Waals surface area contributed by atoms with E-state index in [2.05, 4.69) is 10.2 Å². The van der Waals surface area contributed by atoms with Gasteiger partial charge in [0.25, 0.3) is 0 Å². The number of carbonyl (C=O) groups is 2. The zero-order chi connectivity index (χ0) is 28.9. The van der Waals surface area contributed by atoms with E-state index in [-0.39, 0.29) is 42.7 Å². The lowest BCUT2D eigenvalue weighted by atomic mass is 9.92. The van der Waals surface area contributed by atoms with E-state index in [1.807, 2.05) is 49.4 Å². The van der Waals surface area contributed by atoms with Crippen molar-refractivity contribution >= 4 is 23.3 Å². The van der Waals surface area contributed by atoms with Crippen LogP contribution in [0.2, 0.25) is 0 Å². The topological polar surface area (TPSA) is 58.6 Å². The number of benzene rings is 2. The van der Waals surface area contributed by atoms with Crippen molar-refractivity contribution in [1.82, 2.24) is 0 Å². The van der Waals surface area contributed by atoms with Gasteiger partial charge in [-0.05, 0) is 68.2 Å². The summed E-state index contributed by atoms with van der Waals surface area (Å²) in [6.45, 7) is 5.99. The minimum Gasteiger partial charge on any atom is -0.466 e. The number of aryl methyl sites for hydroxylation is 1. The highest BCUT2D eigenvalue weighted by Crippen LogP contribution is 2.50. The summed E-state index contributed by atoms with van der Waals surface area (Å²) in [7, 11) is 0. The molecule has 2 aromatic rings. The van der Waals surface area contributed by atoms with Gasteiger partial charge in [0.2, 0.25) is 5.91 Å². The molecular formula is C32H41F3N2O3. The average molecular weight is 559 g/mol. The van der Waals surface area contributed by atoms with Crippen molar-refractivity contribution in [2.75, 3.05) is 23.4 Å². The molecule has 4 rings (SSSR count). The van der Waals surface area contributed by atoms with Crippen LogP contribution in [-0.4, -0.2) is 37.2 Å². The number of hydrogen-bond donors (Lipinski definition) is 1. The predicted octanol–water partition coefficient (Wildman–Crippen LogP) is 7.57. The Balaban J connectivity index is 1.64. The van der Waals surface area contributed by atoms with Crippen LogP contribution in [-0.2, 0) is 20.7 Å². The molecule has 1 N–H and O–H groups in total. The number of esters is 1. The maximum Gasteiger partial charge on any atom is 0.389 e. The third kappa shape index (κ3) is 8.24. The largest absolute Gasteiger partial charge is 0.466 e. The number of nitrogens with one attached hydrogen (secondary N) is 1. The Hall–Kier alpha value is -3.03. The highest BCUT2D eigenvalue weighted by Gasteiger charge is 2.45. The first-order valence-corrected chi connectivity index (χ1v) is 14.5. The third-order valence-corrected chi connectivity index (χ3v) is 8.00. The number of alkyl halides is 3. The second kappa shape index (κ2) is 13.1. The molecule has 2 saturated carbocycles. The number of amides is 1. The SMILES string of the molecule is CCOC(=O)[C@@H]1C[C@@H]1c1ccc(N(CC(C)CC(F)(F)F)C2CCCCC2)c(NC(=O)Cc2ccc(C)cc2)c1. The fourth-order valence-corrected chi connectivity index (χ4v) is 5.93. The van der Waals surface area contributed by atoms with Crippen LogP contribution in [0.1, 0.15) is 81.4 Å². The van der Waals surface area contributed by atoms with Crippen LogP contribution in [0.25, 0.3) is 0 Å². The molecular weight excluding hydrogens is 517 g/mol. The van der Waals surface area contributed by atoms with E-state index in [9.17, 15) is 22.8 Å². The summed E-state index contributed by atoms with van der Waals surface area (Å²) in [5, 5.41) is 3.09. The number of hydrogen-bond acceptors (Lipinski definition) is 4. The van der Waals surface area contributed by atoms with Crippen LogP contribution in [0.4, 0.5) is 24.5 Å². The molecule has 2 aliphatic carbocycles. The molecule has 218 valence electrons. The van der Waals surface area contributed by atoms with Crippen LogP contribution < -0.4 is 10.2 Å². The number of rotatable bonds is 11. The molecule has 0 heterocycles. The van der Waals surface area contributed by atoms with Gasteiger partial charge in [-0.3, -0.25) is 9.59 Å². The standard InChI is InChI=1S/C32H41F3N2O3/c1-4-40-31(39)27-18-26(27)24-14-15-29(28(17-24)36-30(38)16-23-12-10-21(2)11-13-23)37(25-8-6-5-7-9-25)20-22(3)19-32(33,34)35/h10-15,17,22,25-27H,4-9,16,18-20H2,1-3H3,(H,36,38)/t22?,26-,27-/m1/s1. The Kier molecular flexibility index (Phi) is 9.80. The Labute approximate surface area is 235 Å². The molecule has 1 unspecified atom stereocenters. The number of carbonyl (C=O) groups excluding carboxylic acids is 2. The van der Waals surface area contributed by atoms with E-state index in [4.69, 9.17) is 4.74 Å². The van der Waals surface area contributed by atoms with Crippen LogP contribution in [0, 0.1) is 18.8 Å². The second-order valence-electron chi connectivity index (χ2n) is 11.6. The number of halogens is 3. The van der Waals surface area contributed by atoms with Crippen molar-refractivity contribution in [2.45, 2.75) is 90.3 Å². The smallest absolute Gasteiger partial charge is 0.389 e. The van der Waals surface area contributed by atoms with E-state index < -0.39 is 18.5 Å². The number of anilines is 2. The van der Waals surface area contributed by atoms with Gasteiger partial charge in [-0.2, -0.15) is 13.2 Å². The summed E-state index contributed by atoms with van der Waals surface area (Å²) >= 11 is 0. The van der Waals surface area contributed by atoms with Gasteiger partial charge in [-0.25, -0.2) is 0 Å². The van der Waals surface area contributed by atoms with Crippen molar-refractivity contribution in [1.29, 1.82) is 0 Å². The molecule has 0 radical (unpaired) electrons. The fraction of sp³-hybridized carbons (Fsp3) is 0.562. The van der Waals surface area contributed by atoms with Gasteiger partial charge < -0.3 is 15.0 Å². The molecule has 0 saturated heterocycles. The Morgan fingerprint density at radius 2 is 1.77 bits per heavy atom. The number of ether oxygens (including phenoxy) is 1. The summed E-state index contributed by atoms with van der Waals surface area (Å²) in [6, 6.07) is 13.7. The molecule has 0 aliphatic heterocycles. The summed E-state index contributed by atoms with van der Waals surface area (Å²) in [6.07, 6.45) is 0.786. The lowest BCUT2D eigenvalue weighted by molar-refractivity contribution is -0.145. The molecule has 2 aromatic carbocycles. The van der Waals surface area contributed by atoms with Crippen molar-refractivity contribution in [3.63, 3.8) is 0 Å². The monoisotopic (exact) mass is 558 g/mol. The van der Waals surface area contributed by atoms with E-state index in [1.165, 1.54) is 0 Å². The molecule has 2 aliphatic rings. The Morgan fingerprint density at radius 1 is 1.07 bits per heavy atom. The highest BCUT2D eigenvalue weighted by atomic mass is 19.4. The minimum atomic E-state index is -4.24. The lowest BCUT2D eigenvalue weighted by Crippen LogP contribution is -2.41. The Bertz CT molecular complexity index is 1160. The van der Waals surface area contributed by atoms with E-state index in [0.29, 0.717) is 18.7 Å². The second-order valence-corrected chi connectivity index (χ2v) is 11.6. The van der Waals surface area contributed by atoms with Crippen molar-refractivity contribution in [2.24, 2.45) is 11.8 Å². The maximum atomic E-state index is 13.3. The molecule has 0 aromatic heterocycles. The molecule has 1 amide bonds. The summed E-state index contributed by atoms with van der Waals surface area (Å²) < 4.78 is 45.0. The fourth-order valence-electron chi connectivity index (χ4n) is 5.93. The van der Waals surface area contributed by atoms with Crippen LogP contribution in [0.5, 0.6) is 0 Å². The molecule has 5 nitrogen and oxygen atoms in total. The van der Waals surface area contributed by atoms with Gasteiger partial charge in [0.1, 0.15) is 0 Å². The first-order chi connectivity index (χ1) is 19.0. The molecule has 40 heavy (non-hydrogen) atoms. The van der Waals surface area contributed by atoms with Gasteiger partial charge in [-0.15, -0.1) is 0 Å². The van der Waals surface area contributed by atoms with Crippen molar-refractivity contribution in [3.05, 3.63) is 59.2 Å². The van der Waals surface area contributed by atoms with Gasteiger partial charge in [0.15, 0.2) is 0 Å². The van der Waals surface area contributed by atoms with Crippen molar-refractivity contribution < 1.29 is 27.5 Å². The van der Waals surface area contributed by atoms with E-state index >= 15 is 0 Å². The summed E-state index contributed by atoms with van der Waals surface area (Å²) in [5.74, 6) is -1.20. The van der Waals surface area contributed by atoms with E-state index in [0.717, 1.165) is 54.5 Å². The molecule has 8 heteroatoms. The van der Waals surface area contributed by atoms with Gasteiger partial charge in [0, 0.05) is 19.0 Å². The first kappa shape index (κ1) is 29.9. The van der Waals surface area contributed by atoms with Gasteiger partial charge in [0.05, 0.1) is 30.3 Å². The van der Waals surface area contributed by atoms with Crippen molar-refractivity contribution in [3.8, 4) is 0 Å². The normalized spacial score (nSPS) is 20.1. The quantitative estimate of drug-likeness (QED) is 0.289. The third-order valence-electron chi connectivity index (χ3n) is 8.00. The summed E-state index contributed by atoms with van der Waals surface area (Å²) in [4.78, 5) is 27.6. The zero-order valence-electron chi connectivity index (χ0n) is 23.7. The van der Waals surface area contributed by atoms with Crippen LogP contribution in [0.3, 0.4) is 0 Å². The first-order valence-electron chi connectivity index (χ1n) is 14.5. The molecule has 3 atom stereocenters. The predicted molar refractivity (Wildman–Crippen MR) is 151 cm³/mol. The zero-order valence-corrected chi connectivity index (χ0v) is 23.7. The Morgan fingerprint density at radius 3 is 2.42 bits per heavy atom. The molecule has 2 fully saturated rings. The van der Waals surface area contributed by atoms with Crippen LogP contribution in [0.15, 0.2) is 42.5 Å². The van der Waals surface area contributed by atoms with Gasteiger partial charge in [-0.1, -0.05) is 62.1 Å². The average Bonchev–Trinajstić information content (AvgIpc) is 3.70. The van der Waals surface area contributed by atoms with Crippen LogP contribution >= 0.6 is 0 Å². The minimum absolute atomic E-state index is 0.00753. The van der Waals surface area contributed by atoms with E-state index in [1.54, 1.807) is 13.8 Å². The lowest BCUT2D eigenvalue weighted by Gasteiger charge is -2.39. The molecule has 0 spiro atoms. The summed E-state index contributed by atoms with van der Waals surface area (Å²) in [5.41, 5.74) is 4.26.